The Morgan fingerprint density at radius 3 is 2.71 bits per heavy atom. The third-order valence-electron chi connectivity index (χ3n) is 3.78. The topological polar surface area (TPSA) is 97.6 Å². The van der Waals surface area contributed by atoms with Gasteiger partial charge in [0.05, 0.1) is 22.7 Å². The van der Waals surface area contributed by atoms with Crippen LogP contribution in [0, 0.1) is 0 Å². The molecule has 0 fully saturated rings. The van der Waals surface area contributed by atoms with Gasteiger partial charge in [-0.15, -0.1) is 11.3 Å². The molecule has 1 aromatic carbocycles. The quantitative estimate of drug-likeness (QED) is 0.592. The highest BCUT2D eigenvalue weighted by molar-refractivity contribution is 7.12. The molecule has 2 aromatic heterocycles. The predicted molar refractivity (Wildman–Crippen MR) is 104 cm³/mol. The number of ether oxygens (including phenoxy) is 1. The molecule has 3 rings (SSSR count). The number of hydrogen-bond acceptors (Lipinski definition) is 6. The number of amides is 2. The van der Waals surface area contributed by atoms with Crippen LogP contribution in [0.4, 0.5) is 5.69 Å². The Balaban J connectivity index is 1.53. The summed E-state index contributed by atoms with van der Waals surface area (Å²) >= 11 is 1.32. The van der Waals surface area contributed by atoms with Crippen LogP contribution in [0.25, 0.3) is 0 Å². The van der Waals surface area contributed by atoms with Crippen molar-refractivity contribution < 1.29 is 23.5 Å². The molecule has 0 spiro atoms. The predicted octanol–water partition coefficient (Wildman–Crippen LogP) is 3.63. The summed E-state index contributed by atoms with van der Waals surface area (Å²) in [7, 11) is 0. The smallest absolute Gasteiger partial charge is 0.338 e. The van der Waals surface area contributed by atoms with E-state index in [4.69, 9.17) is 9.15 Å². The van der Waals surface area contributed by atoms with Gasteiger partial charge >= 0.3 is 5.97 Å². The van der Waals surface area contributed by atoms with Crippen molar-refractivity contribution in [3.05, 3.63) is 76.4 Å². The summed E-state index contributed by atoms with van der Waals surface area (Å²) in [5, 5.41) is 7.20. The summed E-state index contributed by atoms with van der Waals surface area (Å²) in [6.45, 7) is 1.34. The molecule has 0 saturated carbocycles. The minimum absolute atomic E-state index is 0.232. The summed E-state index contributed by atoms with van der Waals surface area (Å²) in [6, 6.07) is 13.0. The van der Waals surface area contributed by atoms with Crippen LogP contribution >= 0.6 is 11.3 Å². The maximum absolute atomic E-state index is 12.2. The van der Waals surface area contributed by atoms with Crippen LogP contribution in [-0.2, 0) is 9.53 Å². The molecular formula is C20H18N2O5S. The van der Waals surface area contributed by atoms with E-state index in [9.17, 15) is 14.4 Å². The molecule has 28 heavy (non-hydrogen) atoms. The standard InChI is InChI=1S/C20H18N2O5S/c1-13(16-7-3-9-26-16)21-18(23)12-27-20(25)14-5-2-6-15(11-14)22-19(24)17-8-4-10-28-17/h2-11,13H,12H2,1H3,(H,21,23)(H,22,24)/t13-/m1/s1. The molecule has 3 aromatic rings. The molecular weight excluding hydrogens is 380 g/mol. The van der Waals surface area contributed by atoms with Crippen LogP contribution in [0.15, 0.2) is 64.6 Å². The lowest BCUT2D eigenvalue weighted by Crippen LogP contribution is -2.31. The molecule has 0 aliphatic carbocycles. The summed E-state index contributed by atoms with van der Waals surface area (Å²) < 4.78 is 10.3. The summed E-state index contributed by atoms with van der Waals surface area (Å²) in [6.07, 6.45) is 1.52. The zero-order chi connectivity index (χ0) is 19.9. The molecule has 7 nitrogen and oxygen atoms in total. The van der Waals surface area contributed by atoms with E-state index in [0.717, 1.165) is 0 Å². The van der Waals surface area contributed by atoms with Gasteiger partial charge in [-0.2, -0.15) is 0 Å². The van der Waals surface area contributed by atoms with Gasteiger partial charge in [0.2, 0.25) is 0 Å². The molecule has 2 amide bonds. The molecule has 0 unspecified atom stereocenters. The summed E-state index contributed by atoms with van der Waals surface area (Å²) in [5.41, 5.74) is 0.694. The van der Waals surface area contributed by atoms with Gasteiger partial charge in [0.1, 0.15) is 5.76 Å². The third kappa shape index (κ3) is 5.08. The van der Waals surface area contributed by atoms with E-state index in [1.165, 1.54) is 23.7 Å². The van der Waals surface area contributed by atoms with Crippen molar-refractivity contribution in [1.29, 1.82) is 0 Å². The number of thiophene rings is 1. The Hall–Kier alpha value is -3.39. The maximum Gasteiger partial charge on any atom is 0.338 e. The van der Waals surface area contributed by atoms with E-state index in [1.807, 2.05) is 0 Å². The number of rotatable bonds is 7. The van der Waals surface area contributed by atoms with Crippen LogP contribution in [0.2, 0.25) is 0 Å². The molecule has 2 N–H and O–H groups in total. The summed E-state index contributed by atoms with van der Waals surface area (Å²) in [4.78, 5) is 36.8. The summed E-state index contributed by atoms with van der Waals surface area (Å²) in [5.74, 6) is -0.756. The lowest BCUT2D eigenvalue weighted by molar-refractivity contribution is -0.125. The van der Waals surface area contributed by atoms with Crippen molar-refractivity contribution in [1.82, 2.24) is 5.32 Å². The Bertz CT molecular complexity index is 951. The second-order valence-corrected chi connectivity index (χ2v) is 6.84. The van der Waals surface area contributed by atoms with E-state index in [0.29, 0.717) is 16.3 Å². The zero-order valence-electron chi connectivity index (χ0n) is 15.0. The SMILES string of the molecule is C[C@@H](NC(=O)COC(=O)c1cccc(NC(=O)c2cccs2)c1)c1ccco1. The fourth-order valence-electron chi connectivity index (χ4n) is 2.43. The van der Waals surface area contributed by atoms with Crippen LogP contribution in [0.1, 0.15) is 38.8 Å². The molecule has 144 valence electrons. The Kier molecular flexibility index (Phi) is 6.23. The van der Waals surface area contributed by atoms with E-state index >= 15 is 0 Å². The van der Waals surface area contributed by atoms with E-state index in [1.54, 1.807) is 54.8 Å². The lowest BCUT2D eigenvalue weighted by Gasteiger charge is -2.12. The second kappa shape index (κ2) is 9.01. The first-order chi connectivity index (χ1) is 13.5. The fraction of sp³-hybridized carbons (Fsp3) is 0.150. The van der Waals surface area contributed by atoms with Crippen molar-refractivity contribution in [2.45, 2.75) is 13.0 Å². The highest BCUT2D eigenvalue weighted by atomic mass is 32.1. The number of anilines is 1. The van der Waals surface area contributed by atoms with Crippen LogP contribution < -0.4 is 10.6 Å². The number of carbonyl (C=O) groups is 3. The number of esters is 1. The third-order valence-corrected chi connectivity index (χ3v) is 4.65. The normalized spacial score (nSPS) is 11.5. The van der Waals surface area contributed by atoms with Crippen molar-refractivity contribution in [3.8, 4) is 0 Å². The average molecular weight is 398 g/mol. The molecule has 2 heterocycles. The Labute approximate surface area is 165 Å². The number of carbonyl (C=O) groups excluding carboxylic acids is 3. The van der Waals surface area contributed by atoms with E-state index in [-0.39, 0.29) is 17.5 Å². The molecule has 0 aliphatic heterocycles. The highest BCUT2D eigenvalue weighted by Crippen LogP contribution is 2.16. The van der Waals surface area contributed by atoms with Crippen molar-refractivity contribution in [2.75, 3.05) is 11.9 Å². The molecule has 0 saturated heterocycles. The number of nitrogens with one attached hydrogen (secondary N) is 2. The van der Waals surface area contributed by atoms with E-state index < -0.39 is 18.5 Å². The number of benzene rings is 1. The first-order valence-corrected chi connectivity index (χ1v) is 9.35. The molecule has 1 atom stereocenters. The maximum atomic E-state index is 12.2. The minimum Gasteiger partial charge on any atom is -0.467 e. The molecule has 0 radical (unpaired) electrons. The Morgan fingerprint density at radius 2 is 2.00 bits per heavy atom. The van der Waals surface area contributed by atoms with Gasteiger partial charge in [-0.3, -0.25) is 9.59 Å². The first kappa shape index (κ1) is 19.4. The first-order valence-electron chi connectivity index (χ1n) is 8.48. The van der Waals surface area contributed by atoms with Gasteiger partial charge in [-0.05, 0) is 48.7 Å². The van der Waals surface area contributed by atoms with Gasteiger partial charge in [0.25, 0.3) is 11.8 Å². The molecule has 0 bridgehead atoms. The average Bonchev–Trinajstić information content (AvgIpc) is 3.40. The lowest BCUT2D eigenvalue weighted by atomic mass is 10.2. The zero-order valence-corrected chi connectivity index (χ0v) is 15.8. The minimum atomic E-state index is -0.659. The van der Waals surface area contributed by atoms with Crippen molar-refractivity contribution >= 4 is 34.8 Å². The van der Waals surface area contributed by atoms with Crippen molar-refractivity contribution in [2.24, 2.45) is 0 Å². The van der Waals surface area contributed by atoms with Gasteiger partial charge in [-0.1, -0.05) is 12.1 Å². The van der Waals surface area contributed by atoms with Crippen molar-refractivity contribution in [3.63, 3.8) is 0 Å². The van der Waals surface area contributed by atoms with Gasteiger partial charge in [0.15, 0.2) is 6.61 Å². The largest absolute Gasteiger partial charge is 0.467 e. The second-order valence-electron chi connectivity index (χ2n) is 5.89. The van der Waals surface area contributed by atoms with Crippen LogP contribution in [0.3, 0.4) is 0 Å². The van der Waals surface area contributed by atoms with Gasteiger partial charge < -0.3 is 19.8 Å². The van der Waals surface area contributed by atoms with Crippen LogP contribution in [0.5, 0.6) is 0 Å². The van der Waals surface area contributed by atoms with Gasteiger partial charge in [-0.25, -0.2) is 4.79 Å². The molecule has 0 aliphatic rings. The fourth-order valence-corrected chi connectivity index (χ4v) is 3.05. The number of furan rings is 1. The highest BCUT2D eigenvalue weighted by Gasteiger charge is 2.15. The van der Waals surface area contributed by atoms with Gasteiger partial charge in [0, 0.05) is 5.69 Å². The van der Waals surface area contributed by atoms with Crippen LogP contribution in [-0.4, -0.2) is 24.4 Å². The number of hydrogen-bond donors (Lipinski definition) is 2. The Morgan fingerprint density at radius 1 is 1.14 bits per heavy atom. The van der Waals surface area contributed by atoms with E-state index in [2.05, 4.69) is 10.6 Å². The molecule has 8 heteroatoms. The monoisotopic (exact) mass is 398 g/mol.